The molecule has 0 spiro atoms. The SMILES string of the molecule is CCN(Cc1ccccc1)C1CCCCC1=O. The Morgan fingerprint density at radius 3 is 2.65 bits per heavy atom. The Balaban J connectivity index is 2.03. The summed E-state index contributed by atoms with van der Waals surface area (Å²) in [4.78, 5) is 14.3. The first kappa shape index (κ1) is 12.3. The Hall–Kier alpha value is -1.15. The lowest BCUT2D eigenvalue weighted by molar-refractivity contribution is -0.126. The smallest absolute Gasteiger partial charge is 0.149 e. The molecule has 0 amide bonds. The van der Waals surface area contributed by atoms with Crippen LogP contribution >= 0.6 is 0 Å². The van der Waals surface area contributed by atoms with Crippen LogP contribution in [-0.4, -0.2) is 23.3 Å². The molecule has 2 heteroatoms. The third kappa shape index (κ3) is 3.16. The van der Waals surface area contributed by atoms with E-state index in [0.29, 0.717) is 5.78 Å². The van der Waals surface area contributed by atoms with Crippen LogP contribution in [0.25, 0.3) is 0 Å². The first-order valence-corrected chi connectivity index (χ1v) is 6.62. The molecule has 1 saturated carbocycles. The molecule has 1 aromatic rings. The topological polar surface area (TPSA) is 20.3 Å². The molecular weight excluding hydrogens is 210 g/mol. The molecule has 0 radical (unpaired) electrons. The fourth-order valence-corrected chi connectivity index (χ4v) is 2.61. The predicted octanol–water partition coefficient (Wildman–Crippen LogP) is 3.02. The van der Waals surface area contributed by atoms with Crippen molar-refractivity contribution in [2.75, 3.05) is 6.54 Å². The van der Waals surface area contributed by atoms with Crippen LogP contribution in [0.2, 0.25) is 0 Å². The lowest BCUT2D eigenvalue weighted by Gasteiger charge is -2.32. The summed E-state index contributed by atoms with van der Waals surface area (Å²) >= 11 is 0. The first-order valence-electron chi connectivity index (χ1n) is 6.62. The van der Waals surface area contributed by atoms with E-state index in [2.05, 4.69) is 36.1 Å². The molecule has 1 aromatic carbocycles. The number of hydrogen-bond acceptors (Lipinski definition) is 2. The minimum Gasteiger partial charge on any atom is -0.298 e. The molecule has 17 heavy (non-hydrogen) atoms. The van der Waals surface area contributed by atoms with Gasteiger partial charge in [-0.05, 0) is 24.9 Å². The van der Waals surface area contributed by atoms with E-state index in [1.807, 2.05) is 6.07 Å². The highest BCUT2D eigenvalue weighted by atomic mass is 16.1. The van der Waals surface area contributed by atoms with Crippen molar-refractivity contribution >= 4 is 5.78 Å². The van der Waals surface area contributed by atoms with Gasteiger partial charge in [0.15, 0.2) is 0 Å². The lowest BCUT2D eigenvalue weighted by Crippen LogP contribution is -2.42. The van der Waals surface area contributed by atoms with Gasteiger partial charge in [0.05, 0.1) is 6.04 Å². The summed E-state index contributed by atoms with van der Waals surface area (Å²) in [7, 11) is 0. The highest BCUT2D eigenvalue weighted by Crippen LogP contribution is 2.21. The van der Waals surface area contributed by atoms with E-state index in [1.165, 1.54) is 12.0 Å². The molecule has 2 rings (SSSR count). The van der Waals surface area contributed by atoms with Gasteiger partial charge in [-0.1, -0.05) is 43.7 Å². The zero-order valence-corrected chi connectivity index (χ0v) is 10.6. The van der Waals surface area contributed by atoms with E-state index in [9.17, 15) is 4.79 Å². The summed E-state index contributed by atoms with van der Waals surface area (Å²) < 4.78 is 0. The molecule has 0 heterocycles. The number of Topliss-reactive ketones (excluding diaryl/α,β-unsaturated/α-hetero) is 1. The number of hydrogen-bond donors (Lipinski definition) is 0. The number of carbonyl (C=O) groups excluding carboxylic acids is 1. The average molecular weight is 231 g/mol. The molecule has 1 aliphatic carbocycles. The summed E-state index contributed by atoms with van der Waals surface area (Å²) in [5.41, 5.74) is 1.30. The van der Waals surface area contributed by atoms with Crippen LogP contribution in [0.15, 0.2) is 30.3 Å². The number of carbonyl (C=O) groups is 1. The van der Waals surface area contributed by atoms with Crippen LogP contribution in [0.1, 0.15) is 38.2 Å². The highest BCUT2D eigenvalue weighted by Gasteiger charge is 2.27. The summed E-state index contributed by atoms with van der Waals surface area (Å²) in [6.45, 7) is 3.99. The van der Waals surface area contributed by atoms with Crippen LogP contribution in [0.4, 0.5) is 0 Å². The predicted molar refractivity (Wildman–Crippen MR) is 69.8 cm³/mol. The second-order valence-electron chi connectivity index (χ2n) is 4.78. The molecule has 0 aromatic heterocycles. The number of ketones is 1. The molecule has 0 bridgehead atoms. The van der Waals surface area contributed by atoms with Gasteiger partial charge in [0.1, 0.15) is 5.78 Å². The number of benzene rings is 1. The Bertz CT molecular complexity index is 360. The van der Waals surface area contributed by atoms with Crippen LogP contribution in [-0.2, 0) is 11.3 Å². The van der Waals surface area contributed by atoms with Crippen molar-refractivity contribution < 1.29 is 4.79 Å². The van der Waals surface area contributed by atoms with Crippen LogP contribution in [0, 0.1) is 0 Å². The molecule has 0 N–H and O–H groups in total. The molecule has 92 valence electrons. The third-order valence-corrected chi connectivity index (χ3v) is 3.60. The van der Waals surface area contributed by atoms with Crippen molar-refractivity contribution in [3.8, 4) is 0 Å². The van der Waals surface area contributed by atoms with Crippen molar-refractivity contribution in [2.24, 2.45) is 0 Å². The van der Waals surface area contributed by atoms with E-state index >= 15 is 0 Å². The van der Waals surface area contributed by atoms with Gasteiger partial charge in [-0.15, -0.1) is 0 Å². The minimum atomic E-state index is 0.161. The Morgan fingerprint density at radius 1 is 1.24 bits per heavy atom. The number of nitrogens with zero attached hydrogens (tertiary/aromatic N) is 1. The molecule has 1 fully saturated rings. The van der Waals surface area contributed by atoms with Gasteiger partial charge < -0.3 is 0 Å². The molecule has 0 aliphatic heterocycles. The number of rotatable bonds is 4. The second-order valence-corrected chi connectivity index (χ2v) is 4.78. The highest BCUT2D eigenvalue weighted by molar-refractivity contribution is 5.84. The minimum absolute atomic E-state index is 0.161. The van der Waals surface area contributed by atoms with E-state index in [-0.39, 0.29) is 6.04 Å². The fourth-order valence-electron chi connectivity index (χ4n) is 2.61. The first-order chi connectivity index (χ1) is 8.31. The maximum absolute atomic E-state index is 11.9. The van der Waals surface area contributed by atoms with E-state index in [0.717, 1.165) is 32.4 Å². The second kappa shape index (κ2) is 5.97. The van der Waals surface area contributed by atoms with Gasteiger partial charge in [-0.2, -0.15) is 0 Å². The Kier molecular flexibility index (Phi) is 4.32. The van der Waals surface area contributed by atoms with Crippen LogP contribution in [0.5, 0.6) is 0 Å². The van der Waals surface area contributed by atoms with Crippen LogP contribution < -0.4 is 0 Å². The zero-order chi connectivity index (χ0) is 12.1. The zero-order valence-electron chi connectivity index (χ0n) is 10.6. The summed E-state index contributed by atoms with van der Waals surface area (Å²) in [5, 5.41) is 0. The molecule has 1 aliphatic rings. The van der Waals surface area contributed by atoms with Crippen LogP contribution in [0.3, 0.4) is 0 Å². The van der Waals surface area contributed by atoms with Gasteiger partial charge in [0.25, 0.3) is 0 Å². The van der Waals surface area contributed by atoms with Gasteiger partial charge >= 0.3 is 0 Å². The van der Waals surface area contributed by atoms with Gasteiger partial charge in [-0.25, -0.2) is 0 Å². The summed E-state index contributed by atoms with van der Waals surface area (Å²) in [5.74, 6) is 0.439. The monoisotopic (exact) mass is 231 g/mol. The maximum atomic E-state index is 11.9. The quantitative estimate of drug-likeness (QED) is 0.794. The van der Waals surface area contributed by atoms with Gasteiger partial charge in [0.2, 0.25) is 0 Å². The Morgan fingerprint density at radius 2 is 2.00 bits per heavy atom. The number of likely N-dealkylation sites (N-methyl/N-ethyl adjacent to an activating group) is 1. The third-order valence-electron chi connectivity index (χ3n) is 3.60. The van der Waals surface area contributed by atoms with Crippen molar-refractivity contribution in [3.63, 3.8) is 0 Å². The van der Waals surface area contributed by atoms with E-state index < -0.39 is 0 Å². The van der Waals surface area contributed by atoms with Crippen molar-refractivity contribution in [1.82, 2.24) is 4.90 Å². The normalized spacial score (nSPS) is 20.8. The molecule has 1 atom stereocenters. The summed E-state index contributed by atoms with van der Waals surface area (Å²) in [6, 6.07) is 10.6. The van der Waals surface area contributed by atoms with Gasteiger partial charge in [0, 0.05) is 13.0 Å². The van der Waals surface area contributed by atoms with E-state index in [1.54, 1.807) is 0 Å². The largest absolute Gasteiger partial charge is 0.298 e. The maximum Gasteiger partial charge on any atom is 0.149 e. The molecule has 1 unspecified atom stereocenters. The van der Waals surface area contributed by atoms with Crippen molar-refractivity contribution in [1.29, 1.82) is 0 Å². The van der Waals surface area contributed by atoms with Crippen molar-refractivity contribution in [3.05, 3.63) is 35.9 Å². The lowest BCUT2D eigenvalue weighted by atomic mass is 9.92. The van der Waals surface area contributed by atoms with Crippen molar-refractivity contribution in [2.45, 2.75) is 45.2 Å². The van der Waals surface area contributed by atoms with Gasteiger partial charge in [-0.3, -0.25) is 9.69 Å². The molecule has 2 nitrogen and oxygen atoms in total. The van der Waals surface area contributed by atoms with E-state index in [4.69, 9.17) is 0 Å². The molecular formula is C15H21NO. The standard InChI is InChI=1S/C15H21NO/c1-2-16(12-13-8-4-3-5-9-13)14-10-6-7-11-15(14)17/h3-5,8-9,14H,2,6-7,10-12H2,1H3. The Labute approximate surface area is 104 Å². The summed E-state index contributed by atoms with van der Waals surface area (Å²) in [6.07, 6.45) is 4.09. The fraction of sp³-hybridized carbons (Fsp3) is 0.533. The average Bonchev–Trinajstić information content (AvgIpc) is 2.38. The molecule has 0 saturated heterocycles.